The highest BCUT2D eigenvalue weighted by Gasteiger charge is 2.33. The van der Waals surface area contributed by atoms with Crippen molar-refractivity contribution >= 4 is 22.8 Å². The normalized spacial score (nSPS) is 11.8. The Morgan fingerprint density at radius 3 is 2.44 bits per heavy atom. The number of hydrogen-bond acceptors (Lipinski definition) is 5. The van der Waals surface area contributed by atoms with E-state index in [1.807, 2.05) is 93.6 Å². The molecule has 1 atom stereocenters. The summed E-state index contributed by atoms with van der Waals surface area (Å²) in [5.74, 6) is 0.00643. The third-order valence-electron chi connectivity index (χ3n) is 6.74. The lowest BCUT2D eigenvalue weighted by Gasteiger charge is -2.33. The van der Waals surface area contributed by atoms with Crippen LogP contribution in [0.3, 0.4) is 0 Å². The molecule has 0 saturated carbocycles. The molecule has 3 aromatic carbocycles. The van der Waals surface area contributed by atoms with Crippen molar-refractivity contribution in [1.29, 1.82) is 5.26 Å². The molecule has 0 spiro atoms. The molecule has 1 amide bonds. The van der Waals surface area contributed by atoms with Crippen molar-refractivity contribution in [2.45, 2.75) is 59.2 Å². The van der Waals surface area contributed by atoms with Gasteiger partial charge in [0.2, 0.25) is 5.91 Å². The number of esters is 1. The van der Waals surface area contributed by atoms with Crippen LogP contribution in [0.15, 0.2) is 83.3 Å². The Morgan fingerprint density at radius 1 is 0.974 bits per heavy atom. The van der Waals surface area contributed by atoms with Crippen LogP contribution in [0.2, 0.25) is 0 Å². The first-order valence-electron chi connectivity index (χ1n) is 13.4. The van der Waals surface area contributed by atoms with Gasteiger partial charge in [-0.3, -0.25) is 4.79 Å². The zero-order valence-corrected chi connectivity index (χ0v) is 22.7. The van der Waals surface area contributed by atoms with E-state index in [1.54, 1.807) is 11.0 Å². The highest BCUT2D eigenvalue weighted by atomic mass is 16.5. The Morgan fingerprint density at radius 2 is 1.72 bits per heavy atom. The van der Waals surface area contributed by atoms with E-state index in [0.717, 1.165) is 34.9 Å². The lowest BCUT2D eigenvalue weighted by Crippen LogP contribution is -2.48. The molecule has 4 aromatic rings. The van der Waals surface area contributed by atoms with Crippen molar-refractivity contribution < 1.29 is 18.7 Å². The molecule has 0 radical (unpaired) electrons. The van der Waals surface area contributed by atoms with Crippen LogP contribution < -0.4 is 0 Å². The molecule has 0 unspecified atom stereocenters. The standard InChI is InChI=1S/C33H34N2O4/c1-4-5-15-31(36)35(32(23(2)3)33(37)38-22-24-11-7-6-8-12-24)21-25-16-17-29-27(18-25)19-30(39-29)28-14-10-9-13-26(28)20-34/h6-14,16-19,23,32H,4-5,15,21-22H2,1-3H3/t32-/m0/s1. The number of amides is 1. The number of furan rings is 1. The van der Waals surface area contributed by atoms with Crippen LogP contribution in [0.4, 0.5) is 0 Å². The molecule has 6 nitrogen and oxygen atoms in total. The minimum Gasteiger partial charge on any atom is -0.459 e. The molecule has 39 heavy (non-hydrogen) atoms. The van der Waals surface area contributed by atoms with Crippen molar-refractivity contribution in [3.63, 3.8) is 0 Å². The second-order valence-corrected chi connectivity index (χ2v) is 10.0. The molecule has 1 aromatic heterocycles. The maximum atomic E-state index is 13.4. The summed E-state index contributed by atoms with van der Waals surface area (Å²) in [7, 11) is 0. The Kier molecular flexibility index (Phi) is 9.17. The van der Waals surface area contributed by atoms with E-state index in [9.17, 15) is 14.9 Å². The Labute approximate surface area is 229 Å². The molecule has 0 aliphatic heterocycles. The third-order valence-corrected chi connectivity index (χ3v) is 6.74. The molecular weight excluding hydrogens is 488 g/mol. The van der Waals surface area contributed by atoms with Crippen LogP contribution in [0.5, 0.6) is 0 Å². The Bertz CT molecular complexity index is 1470. The van der Waals surface area contributed by atoms with Crippen molar-refractivity contribution in [2.75, 3.05) is 0 Å². The first kappa shape index (κ1) is 27.7. The smallest absolute Gasteiger partial charge is 0.329 e. The third kappa shape index (κ3) is 6.74. The molecular formula is C33H34N2O4. The van der Waals surface area contributed by atoms with Gasteiger partial charge in [-0.15, -0.1) is 0 Å². The van der Waals surface area contributed by atoms with Gasteiger partial charge in [-0.25, -0.2) is 4.79 Å². The lowest BCUT2D eigenvalue weighted by molar-refractivity contribution is -0.159. The van der Waals surface area contributed by atoms with Gasteiger partial charge in [-0.2, -0.15) is 5.26 Å². The molecule has 0 saturated heterocycles. The van der Waals surface area contributed by atoms with Crippen LogP contribution in [0.1, 0.15) is 56.7 Å². The molecule has 6 heteroatoms. The number of unbranched alkanes of at least 4 members (excludes halogenated alkanes) is 1. The number of carbonyl (C=O) groups excluding carboxylic acids is 2. The van der Waals surface area contributed by atoms with Gasteiger partial charge in [0.1, 0.15) is 24.0 Å². The van der Waals surface area contributed by atoms with Crippen LogP contribution >= 0.6 is 0 Å². The Hall–Kier alpha value is -4.37. The van der Waals surface area contributed by atoms with Crippen LogP contribution in [-0.4, -0.2) is 22.8 Å². The van der Waals surface area contributed by atoms with Crippen LogP contribution in [-0.2, 0) is 27.5 Å². The van der Waals surface area contributed by atoms with E-state index in [4.69, 9.17) is 9.15 Å². The average molecular weight is 523 g/mol. The van der Waals surface area contributed by atoms with Crippen molar-refractivity contribution in [2.24, 2.45) is 5.92 Å². The van der Waals surface area contributed by atoms with E-state index in [1.165, 1.54) is 0 Å². The summed E-state index contributed by atoms with van der Waals surface area (Å²) in [6, 6.07) is 26.0. The molecule has 0 aliphatic carbocycles. The fourth-order valence-corrected chi connectivity index (χ4v) is 4.70. The number of carbonyl (C=O) groups is 2. The quantitative estimate of drug-likeness (QED) is 0.194. The highest BCUT2D eigenvalue weighted by Crippen LogP contribution is 2.31. The summed E-state index contributed by atoms with van der Waals surface area (Å²) in [6.45, 7) is 6.35. The monoisotopic (exact) mass is 522 g/mol. The fraction of sp³-hybridized carbons (Fsp3) is 0.303. The summed E-state index contributed by atoms with van der Waals surface area (Å²) in [6.07, 6.45) is 2.01. The molecule has 0 N–H and O–H groups in total. The fourth-order valence-electron chi connectivity index (χ4n) is 4.70. The minimum absolute atomic E-state index is 0.0665. The first-order valence-corrected chi connectivity index (χ1v) is 13.4. The maximum Gasteiger partial charge on any atom is 0.329 e. The predicted octanol–water partition coefficient (Wildman–Crippen LogP) is 7.26. The molecule has 4 rings (SSSR count). The average Bonchev–Trinajstić information content (AvgIpc) is 3.38. The van der Waals surface area contributed by atoms with Gasteiger partial charge >= 0.3 is 5.97 Å². The number of hydrogen-bond donors (Lipinski definition) is 0. The second kappa shape index (κ2) is 12.9. The number of nitriles is 1. The summed E-state index contributed by atoms with van der Waals surface area (Å²) in [5.41, 5.74) is 3.74. The predicted molar refractivity (Wildman–Crippen MR) is 151 cm³/mol. The van der Waals surface area contributed by atoms with E-state index in [-0.39, 0.29) is 25.0 Å². The number of rotatable bonds is 11. The summed E-state index contributed by atoms with van der Waals surface area (Å²) < 4.78 is 11.7. The molecule has 0 aliphatic rings. The van der Waals surface area contributed by atoms with Gasteiger partial charge in [0.05, 0.1) is 11.6 Å². The van der Waals surface area contributed by atoms with E-state index < -0.39 is 12.0 Å². The number of fused-ring (bicyclic) bond motifs is 1. The maximum absolute atomic E-state index is 13.4. The van der Waals surface area contributed by atoms with Gasteiger partial charge in [0, 0.05) is 23.9 Å². The molecule has 0 fully saturated rings. The van der Waals surface area contributed by atoms with Gasteiger partial charge in [0.25, 0.3) is 0 Å². The summed E-state index contributed by atoms with van der Waals surface area (Å²) in [5, 5.41) is 10.4. The van der Waals surface area contributed by atoms with E-state index in [0.29, 0.717) is 23.3 Å². The van der Waals surface area contributed by atoms with Gasteiger partial charge in [0.15, 0.2) is 0 Å². The molecule has 200 valence electrons. The summed E-state index contributed by atoms with van der Waals surface area (Å²) >= 11 is 0. The topological polar surface area (TPSA) is 83.5 Å². The van der Waals surface area contributed by atoms with Crippen molar-refractivity contribution in [3.05, 3.63) is 95.6 Å². The zero-order chi connectivity index (χ0) is 27.8. The second-order valence-electron chi connectivity index (χ2n) is 10.0. The molecule has 0 bridgehead atoms. The van der Waals surface area contributed by atoms with E-state index >= 15 is 0 Å². The number of nitrogens with zero attached hydrogens (tertiary/aromatic N) is 2. The lowest BCUT2D eigenvalue weighted by atomic mass is 10.00. The number of benzene rings is 3. The zero-order valence-electron chi connectivity index (χ0n) is 22.7. The largest absolute Gasteiger partial charge is 0.459 e. The Balaban J connectivity index is 1.61. The first-order chi connectivity index (χ1) is 18.9. The minimum atomic E-state index is -0.712. The summed E-state index contributed by atoms with van der Waals surface area (Å²) in [4.78, 5) is 28.4. The van der Waals surface area contributed by atoms with Gasteiger partial charge in [-0.05, 0) is 53.8 Å². The van der Waals surface area contributed by atoms with E-state index in [2.05, 4.69) is 6.07 Å². The SMILES string of the molecule is CCCCC(=O)N(Cc1ccc2oc(-c3ccccc3C#N)cc2c1)[C@H](C(=O)OCc1ccccc1)C(C)C. The van der Waals surface area contributed by atoms with Crippen molar-refractivity contribution in [3.8, 4) is 17.4 Å². The molecule has 1 heterocycles. The van der Waals surface area contributed by atoms with Crippen LogP contribution in [0.25, 0.3) is 22.3 Å². The highest BCUT2D eigenvalue weighted by molar-refractivity contribution is 5.86. The van der Waals surface area contributed by atoms with Crippen LogP contribution in [0, 0.1) is 17.2 Å². The van der Waals surface area contributed by atoms with Gasteiger partial charge in [-0.1, -0.05) is 75.7 Å². The van der Waals surface area contributed by atoms with Gasteiger partial charge < -0.3 is 14.1 Å². The van der Waals surface area contributed by atoms with Crippen molar-refractivity contribution in [1.82, 2.24) is 4.90 Å². The number of ether oxygens (including phenoxy) is 1.